The predicted octanol–water partition coefficient (Wildman–Crippen LogP) is 2.96. The molecular formula is C15H20BrNO3. The highest BCUT2D eigenvalue weighted by molar-refractivity contribution is 9.10. The first-order chi connectivity index (χ1) is 9.71. The summed E-state index contributed by atoms with van der Waals surface area (Å²) < 4.78 is 11.6. The number of hydrogen-bond acceptors (Lipinski definition) is 4. The standard InChI is InChI=1S/C15H20BrNO3/c1-19-14-10(7-11-5-3-4-6-17-11)8-13(16)12(9-18)15(14)20-2/h8-9,11,17H,3-7H2,1-2H3. The molecule has 1 fully saturated rings. The number of methoxy groups -OCH3 is 2. The number of aldehydes is 1. The monoisotopic (exact) mass is 341 g/mol. The normalized spacial score (nSPS) is 18.6. The maximum Gasteiger partial charge on any atom is 0.172 e. The molecule has 1 N–H and O–H groups in total. The van der Waals surface area contributed by atoms with E-state index in [1.807, 2.05) is 6.07 Å². The van der Waals surface area contributed by atoms with Crippen molar-refractivity contribution < 1.29 is 14.3 Å². The van der Waals surface area contributed by atoms with Gasteiger partial charge in [0.05, 0.1) is 19.8 Å². The second-order valence-electron chi connectivity index (χ2n) is 4.97. The molecule has 20 heavy (non-hydrogen) atoms. The molecule has 1 aliphatic heterocycles. The molecule has 2 rings (SSSR count). The highest BCUT2D eigenvalue weighted by atomic mass is 79.9. The van der Waals surface area contributed by atoms with Crippen LogP contribution in [0.15, 0.2) is 10.5 Å². The lowest BCUT2D eigenvalue weighted by Crippen LogP contribution is -2.35. The van der Waals surface area contributed by atoms with E-state index >= 15 is 0 Å². The Morgan fingerprint density at radius 1 is 1.35 bits per heavy atom. The van der Waals surface area contributed by atoms with Gasteiger partial charge in [-0.25, -0.2) is 0 Å². The maximum absolute atomic E-state index is 11.2. The van der Waals surface area contributed by atoms with Gasteiger partial charge in [0.1, 0.15) is 0 Å². The first-order valence-electron chi connectivity index (χ1n) is 6.83. The van der Waals surface area contributed by atoms with Crippen molar-refractivity contribution in [1.82, 2.24) is 5.32 Å². The Bertz CT molecular complexity index is 484. The largest absolute Gasteiger partial charge is 0.493 e. The summed E-state index contributed by atoms with van der Waals surface area (Å²) >= 11 is 3.44. The summed E-state index contributed by atoms with van der Waals surface area (Å²) in [7, 11) is 3.16. The Morgan fingerprint density at radius 3 is 2.65 bits per heavy atom. The molecule has 4 nitrogen and oxygen atoms in total. The van der Waals surface area contributed by atoms with Crippen LogP contribution >= 0.6 is 15.9 Å². The summed E-state index contributed by atoms with van der Waals surface area (Å²) in [6.07, 6.45) is 5.32. The summed E-state index contributed by atoms with van der Waals surface area (Å²) in [6.45, 7) is 1.07. The third-order valence-corrected chi connectivity index (χ3v) is 4.36. The van der Waals surface area contributed by atoms with Crippen LogP contribution in [0, 0.1) is 0 Å². The molecule has 0 spiro atoms. The molecule has 1 heterocycles. The number of nitrogens with one attached hydrogen (secondary N) is 1. The molecule has 0 saturated carbocycles. The van der Waals surface area contributed by atoms with Gasteiger partial charge in [-0.15, -0.1) is 0 Å². The van der Waals surface area contributed by atoms with Gasteiger partial charge in [0.25, 0.3) is 0 Å². The van der Waals surface area contributed by atoms with Crippen molar-refractivity contribution in [3.63, 3.8) is 0 Å². The minimum Gasteiger partial charge on any atom is -0.493 e. The van der Waals surface area contributed by atoms with Gasteiger partial charge in [-0.1, -0.05) is 6.42 Å². The van der Waals surface area contributed by atoms with Crippen LogP contribution < -0.4 is 14.8 Å². The SMILES string of the molecule is COc1c(CC2CCCCN2)cc(Br)c(C=O)c1OC. The quantitative estimate of drug-likeness (QED) is 0.836. The van der Waals surface area contributed by atoms with Crippen molar-refractivity contribution in [2.45, 2.75) is 31.7 Å². The van der Waals surface area contributed by atoms with Crippen LogP contribution in [0.2, 0.25) is 0 Å². The predicted molar refractivity (Wildman–Crippen MR) is 82.0 cm³/mol. The van der Waals surface area contributed by atoms with Crippen molar-refractivity contribution in [2.24, 2.45) is 0 Å². The van der Waals surface area contributed by atoms with Crippen molar-refractivity contribution in [1.29, 1.82) is 0 Å². The molecule has 1 aliphatic rings. The van der Waals surface area contributed by atoms with Gasteiger partial charge in [0.15, 0.2) is 17.8 Å². The van der Waals surface area contributed by atoms with Crippen LogP contribution in [0.25, 0.3) is 0 Å². The number of carbonyl (C=O) groups excluding carboxylic acids is 1. The summed E-state index contributed by atoms with van der Waals surface area (Å²) in [5.41, 5.74) is 1.55. The third kappa shape index (κ3) is 3.15. The molecule has 1 atom stereocenters. The minimum atomic E-state index is 0.455. The molecular weight excluding hydrogens is 322 g/mol. The summed E-state index contributed by atoms with van der Waals surface area (Å²) in [4.78, 5) is 11.2. The van der Waals surface area contributed by atoms with Gasteiger partial charge in [0, 0.05) is 16.1 Å². The van der Waals surface area contributed by atoms with Gasteiger partial charge >= 0.3 is 0 Å². The van der Waals surface area contributed by atoms with E-state index in [9.17, 15) is 4.79 Å². The van der Waals surface area contributed by atoms with Gasteiger partial charge in [-0.05, 0) is 47.8 Å². The first-order valence-corrected chi connectivity index (χ1v) is 7.62. The lowest BCUT2D eigenvalue weighted by atomic mass is 9.96. The molecule has 0 bridgehead atoms. The molecule has 0 radical (unpaired) electrons. The zero-order chi connectivity index (χ0) is 14.5. The highest BCUT2D eigenvalue weighted by Crippen LogP contribution is 2.39. The maximum atomic E-state index is 11.2. The molecule has 1 aromatic rings. The number of rotatable bonds is 5. The number of hydrogen-bond donors (Lipinski definition) is 1. The summed E-state index contributed by atoms with van der Waals surface area (Å²) in [5.74, 6) is 1.16. The number of piperidine rings is 1. The molecule has 1 saturated heterocycles. The van der Waals surface area contributed by atoms with E-state index in [0.29, 0.717) is 23.1 Å². The van der Waals surface area contributed by atoms with E-state index in [2.05, 4.69) is 21.2 Å². The lowest BCUT2D eigenvalue weighted by Gasteiger charge is -2.25. The Kier molecular flexibility index (Phi) is 5.43. The summed E-state index contributed by atoms with van der Waals surface area (Å²) in [5, 5.41) is 3.52. The van der Waals surface area contributed by atoms with E-state index in [4.69, 9.17) is 9.47 Å². The van der Waals surface area contributed by atoms with Crippen molar-refractivity contribution in [3.8, 4) is 11.5 Å². The average Bonchev–Trinajstić information content (AvgIpc) is 2.47. The summed E-state index contributed by atoms with van der Waals surface area (Å²) in [6, 6.07) is 2.41. The molecule has 0 aliphatic carbocycles. The smallest absolute Gasteiger partial charge is 0.172 e. The molecule has 0 amide bonds. The molecule has 5 heteroatoms. The fraction of sp³-hybridized carbons (Fsp3) is 0.533. The third-order valence-electron chi connectivity index (χ3n) is 3.71. The van der Waals surface area contributed by atoms with Crippen molar-refractivity contribution >= 4 is 22.2 Å². The molecule has 1 aromatic carbocycles. The van der Waals surface area contributed by atoms with Crippen LogP contribution in [-0.4, -0.2) is 33.1 Å². The van der Waals surface area contributed by atoms with Crippen LogP contribution in [0.1, 0.15) is 35.2 Å². The second kappa shape index (κ2) is 7.09. The van der Waals surface area contributed by atoms with Gasteiger partial charge < -0.3 is 14.8 Å². The van der Waals surface area contributed by atoms with Crippen molar-refractivity contribution in [3.05, 3.63) is 21.7 Å². The van der Waals surface area contributed by atoms with E-state index in [1.165, 1.54) is 19.3 Å². The Balaban J connectivity index is 2.36. The number of carbonyl (C=O) groups is 1. The highest BCUT2D eigenvalue weighted by Gasteiger charge is 2.21. The zero-order valence-electron chi connectivity index (χ0n) is 11.9. The Hall–Kier alpha value is -1.07. The molecule has 110 valence electrons. The number of ether oxygens (including phenoxy) is 2. The van der Waals surface area contributed by atoms with Gasteiger partial charge in [-0.2, -0.15) is 0 Å². The topological polar surface area (TPSA) is 47.6 Å². The van der Waals surface area contributed by atoms with Gasteiger partial charge in [0.2, 0.25) is 0 Å². The van der Waals surface area contributed by atoms with E-state index in [0.717, 1.165) is 29.3 Å². The second-order valence-corrected chi connectivity index (χ2v) is 5.82. The first kappa shape index (κ1) is 15.3. The average molecular weight is 342 g/mol. The molecule has 0 aromatic heterocycles. The van der Waals surface area contributed by atoms with E-state index in [1.54, 1.807) is 14.2 Å². The number of benzene rings is 1. The fourth-order valence-electron chi connectivity index (χ4n) is 2.72. The Morgan fingerprint density at radius 2 is 2.10 bits per heavy atom. The van der Waals surface area contributed by atoms with Crippen LogP contribution in [0.5, 0.6) is 11.5 Å². The van der Waals surface area contributed by atoms with Crippen LogP contribution in [0.4, 0.5) is 0 Å². The van der Waals surface area contributed by atoms with Crippen molar-refractivity contribution in [2.75, 3.05) is 20.8 Å². The molecule has 1 unspecified atom stereocenters. The fourth-order valence-corrected chi connectivity index (χ4v) is 3.27. The van der Waals surface area contributed by atoms with Crippen LogP contribution in [-0.2, 0) is 6.42 Å². The van der Waals surface area contributed by atoms with E-state index in [-0.39, 0.29) is 0 Å². The minimum absolute atomic E-state index is 0.455. The number of halogens is 1. The lowest BCUT2D eigenvalue weighted by molar-refractivity contribution is 0.111. The Labute approximate surface area is 128 Å². The van der Waals surface area contributed by atoms with Crippen LogP contribution in [0.3, 0.4) is 0 Å². The van der Waals surface area contributed by atoms with Gasteiger partial charge in [-0.3, -0.25) is 4.79 Å². The zero-order valence-corrected chi connectivity index (χ0v) is 13.5. The van der Waals surface area contributed by atoms with E-state index < -0.39 is 0 Å².